The summed E-state index contributed by atoms with van der Waals surface area (Å²) in [5.74, 6) is -1.00. The summed E-state index contributed by atoms with van der Waals surface area (Å²) in [6, 6.07) is 13.0. The average molecular weight is 654 g/mol. The van der Waals surface area contributed by atoms with Crippen molar-refractivity contribution in [1.82, 2.24) is 0 Å². The van der Waals surface area contributed by atoms with Crippen molar-refractivity contribution >= 4 is 29.2 Å². The van der Waals surface area contributed by atoms with Crippen molar-refractivity contribution < 1.29 is 63.2 Å². The van der Waals surface area contributed by atoms with Gasteiger partial charge in [-0.3, -0.25) is 4.79 Å². The van der Waals surface area contributed by atoms with Gasteiger partial charge in [0, 0.05) is 6.92 Å². The summed E-state index contributed by atoms with van der Waals surface area (Å²) in [5.41, 5.74) is 1.18. The second kappa shape index (κ2) is 14.8. The Morgan fingerprint density at radius 2 is 1.69 bits per heavy atom. The molecule has 2 unspecified atom stereocenters. The van der Waals surface area contributed by atoms with Crippen LogP contribution in [0.25, 0.3) is 0 Å². The zero-order valence-corrected chi connectivity index (χ0v) is 25.2. The molecule has 0 spiro atoms. The van der Waals surface area contributed by atoms with E-state index in [1.54, 1.807) is 55.5 Å². The van der Waals surface area contributed by atoms with Crippen LogP contribution >= 0.6 is 11.6 Å². The molecular formula is C30H36ClNO13. The van der Waals surface area contributed by atoms with Crippen LogP contribution in [0.4, 0.5) is 5.69 Å². The lowest BCUT2D eigenvalue weighted by Gasteiger charge is -2.48. The lowest BCUT2D eigenvalue weighted by Crippen LogP contribution is -2.66. The van der Waals surface area contributed by atoms with Crippen molar-refractivity contribution in [2.45, 2.75) is 88.2 Å². The minimum Gasteiger partial charge on any atom is -0.459 e. The Balaban J connectivity index is 1.31. The van der Waals surface area contributed by atoms with Crippen molar-refractivity contribution in [3.8, 4) is 0 Å². The Kier molecular flexibility index (Phi) is 11.1. The van der Waals surface area contributed by atoms with Gasteiger partial charge in [-0.15, -0.1) is 0 Å². The minimum atomic E-state index is -1.69. The highest BCUT2D eigenvalue weighted by Crippen LogP contribution is 2.33. The molecule has 45 heavy (non-hydrogen) atoms. The molecular weight excluding hydrogens is 618 g/mol. The summed E-state index contributed by atoms with van der Waals surface area (Å²) < 4.78 is 39.9. The molecule has 3 fully saturated rings. The number of anilines is 1. The molecule has 11 atom stereocenters. The van der Waals surface area contributed by atoms with Crippen molar-refractivity contribution in [2.24, 2.45) is 0 Å². The number of esters is 1. The number of carbonyl (C=O) groups excluding carboxylic acids is 2. The van der Waals surface area contributed by atoms with E-state index in [1.165, 1.54) is 6.92 Å². The number of benzene rings is 2. The smallest absolute Gasteiger partial charge is 0.338 e. The normalized spacial score (nSPS) is 34.9. The van der Waals surface area contributed by atoms with Gasteiger partial charge in [-0.2, -0.15) is 0 Å². The topological polar surface area (TPSA) is 192 Å². The van der Waals surface area contributed by atoms with E-state index in [1.807, 2.05) is 0 Å². The predicted octanol–water partition coefficient (Wildman–Crippen LogP) is 0.712. The van der Waals surface area contributed by atoms with E-state index in [9.17, 15) is 30.0 Å². The van der Waals surface area contributed by atoms with Gasteiger partial charge < -0.3 is 58.9 Å². The van der Waals surface area contributed by atoms with Crippen LogP contribution in [0.1, 0.15) is 29.8 Å². The molecule has 0 radical (unpaired) electrons. The van der Waals surface area contributed by atoms with E-state index in [0.717, 1.165) is 0 Å². The third-order valence-corrected chi connectivity index (χ3v) is 7.89. The number of ether oxygens (including phenoxy) is 7. The number of carbonyl (C=O) groups is 2. The van der Waals surface area contributed by atoms with Crippen molar-refractivity contribution in [3.63, 3.8) is 0 Å². The zero-order chi connectivity index (χ0) is 32.2. The minimum absolute atomic E-state index is 0.0458. The lowest BCUT2D eigenvalue weighted by atomic mass is 9.96. The van der Waals surface area contributed by atoms with Crippen LogP contribution in [0, 0.1) is 0 Å². The molecule has 2 aromatic carbocycles. The predicted molar refractivity (Wildman–Crippen MR) is 154 cm³/mol. The SMILES string of the molecule is CC(=O)Nc1cc(CO[C@@H]2O[C@@H](COC(=O)c3ccccc3)[C@H](O[C@H]3OC4CO[C@@H](C)OC4[C@H](O)[C@@H]3O)[C@H](O)[C@@H]2O)ccc1Cl. The number of rotatable bonds is 9. The fraction of sp³-hybridized carbons (Fsp3) is 0.533. The Labute approximate surface area is 263 Å². The molecule has 2 aromatic rings. The van der Waals surface area contributed by atoms with E-state index >= 15 is 0 Å². The number of fused-ring (bicyclic) bond motifs is 1. The first-order valence-electron chi connectivity index (χ1n) is 14.4. The summed E-state index contributed by atoms with van der Waals surface area (Å²) in [4.78, 5) is 24.2. The summed E-state index contributed by atoms with van der Waals surface area (Å²) in [5, 5.41) is 46.6. The first kappa shape index (κ1) is 33.6. The van der Waals surface area contributed by atoms with Crippen molar-refractivity contribution in [2.75, 3.05) is 18.5 Å². The van der Waals surface area contributed by atoms with Gasteiger partial charge in [0.15, 0.2) is 18.9 Å². The fourth-order valence-electron chi connectivity index (χ4n) is 5.25. The van der Waals surface area contributed by atoms with E-state index in [0.29, 0.717) is 16.3 Å². The zero-order valence-electron chi connectivity index (χ0n) is 24.4. The van der Waals surface area contributed by atoms with Gasteiger partial charge in [-0.1, -0.05) is 35.9 Å². The summed E-state index contributed by atoms with van der Waals surface area (Å²) >= 11 is 6.15. The van der Waals surface area contributed by atoms with E-state index in [4.69, 9.17) is 44.8 Å². The molecule has 0 aliphatic carbocycles. The Morgan fingerprint density at radius 3 is 2.42 bits per heavy atom. The van der Waals surface area contributed by atoms with E-state index in [-0.39, 0.29) is 24.7 Å². The standard InChI is InChI=1S/C30H36ClNO13/c1-14(33)32-19-10-16(8-9-18(19)31)11-41-29-24(36)22(34)27(21(43-29)13-40-28(38)17-6-4-3-5-7-17)45-30-25(37)23(35)26-20(44-30)12-39-15(2)42-26/h3-10,15,20-27,29-30,34-37H,11-13H2,1-2H3,(H,32,33)/t15-,20?,21+,22-,23-,24+,25+,26?,27+,29-,30-/m1/s1. The maximum absolute atomic E-state index is 12.7. The van der Waals surface area contributed by atoms with Gasteiger partial charge in [0.05, 0.1) is 29.5 Å². The van der Waals surface area contributed by atoms with Gasteiger partial charge in [0.1, 0.15) is 55.4 Å². The summed E-state index contributed by atoms with van der Waals surface area (Å²) in [6.07, 6.45) is -14.3. The lowest BCUT2D eigenvalue weighted by molar-refractivity contribution is -0.383. The third kappa shape index (κ3) is 7.99. The number of aliphatic hydroxyl groups excluding tert-OH is 4. The fourth-order valence-corrected chi connectivity index (χ4v) is 5.42. The van der Waals surface area contributed by atoms with E-state index < -0.39 is 80.3 Å². The maximum Gasteiger partial charge on any atom is 0.338 e. The molecule has 0 saturated carbocycles. The number of hydrogen-bond acceptors (Lipinski definition) is 13. The molecule has 15 heteroatoms. The Morgan fingerprint density at radius 1 is 0.956 bits per heavy atom. The van der Waals surface area contributed by atoms with Crippen LogP contribution in [0.5, 0.6) is 0 Å². The molecule has 5 rings (SSSR count). The van der Waals surface area contributed by atoms with Crippen LogP contribution in [-0.2, 0) is 44.6 Å². The first-order valence-corrected chi connectivity index (χ1v) is 14.7. The van der Waals surface area contributed by atoms with Crippen LogP contribution in [0.3, 0.4) is 0 Å². The number of aliphatic hydroxyl groups is 4. The molecule has 0 aromatic heterocycles. The number of amides is 1. The van der Waals surface area contributed by atoms with Crippen molar-refractivity contribution in [1.29, 1.82) is 0 Å². The molecule has 3 aliphatic heterocycles. The molecule has 5 N–H and O–H groups in total. The second-order valence-electron chi connectivity index (χ2n) is 10.9. The molecule has 14 nitrogen and oxygen atoms in total. The molecule has 1 amide bonds. The van der Waals surface area contributed by atoms with Gasteiger partial charge in [-0.25, -0.2) is 4.79 Å². The maximum atomic E-state index is 12.7. The van der Waals surface area contributed by atoms with Gasteiger partial charge in [0.25, 0.3) is 0 Å². The second-order valence-corrected chi connectivity index (χ2v) is 11.3. The van der Waals surface area contributed by atoms with Gasteiger partial charge in [0.2, 0.25) is 5.91 Å². The van der Waals surface area contributed by atoms with Crippen LogP contribution in [0.2, 0.25) is 5.02 Å². The number of hydrogen-bond donors (Lipinski definition) is 5. The molecule has 246 valence electrons. The highest BCUT2D eigenvalue weighted by atomic mass is 35.5. The average Bonchev–Trinajstić information content (AvgIpc) is 3.02. The molecule has 0 bridgehead atoms. The highest BCUT2D eigenvalue weighted by molar-refractivity contribution is 6.33. The monoisotopic (exact) mass is 653 g/mol. The van der Waals surface area contributed by atoms with Crippen LogP contribution in [0.15, 0.2) is 48.5 Å². The summed E-state index contributed by atoms with van der Waals surface area (Å²) in [7, 11) is 0. The highest BCUT2D eigenvalue weighted by Gasteiger charge is 2.53. The van der Waals surface area contributed by atoms with Gasteiger partial charge >= 0.3 is 5.97 Å². The van der Waals surface area contributed by atoms with Crippen LogP contribution < -0.4 is 5.32 Å². The Bertz CT molecular complexity index is 1320. The number of halogens is 1. The number of nitrogens with one attached hydrogen (secondary N) is 1. The largest absolute Gasteiger partial charge is 0.459 e. The molecule has 3 saturated heterocycles. The summed E-state index contributed by atoms with van der Waals surface area (Å²) in [6.45, 7) is 2.45. The molecule has 3 aliphatic rings. The van der Waals surface area contributed by atoms with Crippen molar-refractivity contribution in [3.05, 3.63) is 64.7 Å². The van der Waals surface area contributed by atoms with Crippen LogP contribution in [-0.4, -0.2) is 113 Å². The van der Waals surface area contributed by atoms with Gasteiger partial charge in [-0.05, 0) is 36.8 Å². The van der Waals surface area contributed by atoms with E-state index in [2.05, 4.69) is 5.32 Å². The first-order chi connectivity index (χ1) is 21.5. The Hall–Kier alpha value is -2.73. The third-order valence-electron chi connectivity index (χ3n) is 7.56. The quantitative estimate of drug-likeness (QED) is 0.238. The molecule has 3 heterocycles.